The summed E-state index contributed by atoms with van der Waals surface area (Å²) in [6, 6.07) is 15.6. The number of pyridine rings is 1. The van der Waals surface area contributed by atoms with Crippen LogP contribution in [0.2, 0.25) is 5.02 Å². The molecule has 2 aromatic carbocycles. The predicted octanol–water partition coefficient (Wildman–Crippen LogP) is 4.43. The lowest BCUT2D eigenvalue weighted by Crippen LogP contribution is -2.21. The Bertz CT molecular complexity index is 1170. The van der Waals surface area contributed by atoms with Crippen molar-refractivity contribution in [3.63, 3.8) is 0 Å². The molecule has 1 amide bonds. The molecule has 0 saturated heterocycles. The van der Waals surface area contributed by atoms with Crippen LogP contribution >= 0.6 is 11.6 Å². The fourth-order valence-corrected chi connectivity index (χ4v) is 3.27. The van der Waals surface area contributed by atoms with Crippen LogP contribution in [0.25, 0.3) is 10.9 Å². The van der Waals surface area contributed by atoms with Gasteiger partial charge in [0.05, 0.1) is 21.7 Å². The fraction of sp³-hybridized carbons (Fsp3) is 0.182. The summed E-state index contributed by atoms with van der Waals surface area (Å²) in [7, 11) is 0. The van der Waals surface area contributed by atoms with E-state index in [-0.39, 0.29) is 5.02 Å². The lowest BCUT2D eigenvalue weighted by atomic mass is 10.1. The number of nitrogens with one attached hydrogen (secondary N) is 1. The highest BCUT2D eigenvalue weighted by Gasteiger charge is 2.27. The zero-order valence-electron chi connectivity index (χ0n) is 15.3. The first-order valence-electron chi connectivity index (χ1n) is 9.11. The molecule has 0 aliphatic heterocycles. The van der Waals surface area contributed by atoms with Crippen LogP contribution in [0.5, 0.6) is 0 Å². The number of halogens is 1. The second-order valence-corrected chi connectivity index (χ2v) is 7.22. The van der Waals surface area contributed by atoms with E-state index in [9.17, 15) is 9.59 Å². The number of amides is 1. The van der Waals surface area contributed by atoms with Crippen molar-refractivity contribution in [2.45, 2.75) is 18.8 Å². The topological polar surface area (TPSA) is 92.1 Å². The zero-order valence-corrected chi connectivity index (χ0v) is 16.1. The minimum absolute atomic E-state index is 0.234. The molecule has 1 aliphatic rings. The van der Waals surface area contributed by atoms with E-state index in [1.807, 2.05) is 30.3 Å². The van der Waals surface area contributed by atoms with Gasteiger partial charge >= 0.3 is 5.97 Å². The van der Waals surface area contributed by atoms with Crippen LogP contribution in [0, 0.1) is 11.3 Å². The maximum Gasteiger partial charge on any atom is 0.339 e. The third-order valence-electron chi connectivity index (χ3n) is 4.66. The van der Waals surface area contributed by atoms with E-state index in [2.05, 4.69) is 10.3 Å². The highest BCUT2D eigenvalue weighted by Crippen LogP contribution is 2.40. The summed E-state index contributed by atoms with van der Waals surface area (Å²) in [6.45, 7) is -0.439. The first kappa shape index (κ1) is 18.9. The first-order chi connectivity index (χ1) is 14.0. The molecule has 0 bridgehead atoms. The van der Waals surface area contributed by atoms with E-state index in [4.69, 9.17) is 21.6 Å². The van der Waals surface area contributed by atoms with Gasteiger partial charge < -0.3 is 10.1 Å². The number of nitriles is 1. The number of aromatic nitrogens is 1. The summed E-state index contributed by atoms with van der Waals surface area (Å²) < 4.78 is 5.24. The molecular formula is C22H16ClN3O3. The molecule has 1 aliphatic carbocycles. The van der Waals surface area contributed by atoms with Gasteiger partial charge in [-0.2, -0.15) is 5.26 Å². The van der Waals surface area contributed by atoms with E-state index in [1.54, 1.807) is 12.1 Å². The Hall–Kier alpha value is -3.43. The molecule has 144 valence electrons. The van der Waals surface area contributed by atoms with E-state index in [1.165, 1.54) is 12.1 Å². The Labute approximate surface area is 172 Å². The van der Waals surface area contributed by atoms with Crippen molar-refractivity contribution in [2.24, 2.45) is 0 Å². The molecular weight excluding hydrogens is 390 g/mol. The molecule has 29 heavy (non-hydrogen) atoms. The van der Waals surface area contributed by atoms with Crippen molar-refractivity contribution >= 4 is 40.1 Å². The van der Waals surface area contributed by atoms with Gasteiger partial charge in [-0.05, 0) is 43.2 Å². The minimum Gasteiger partial charge on any atom is -0.452 e. The number of rotatable bonds is 5. The molecule has 1 saturated carbocycles. The van der Waals surface area contributed by atoms with Crippen molar-refractivity contribution in [3.8, 4) is 6.07 Å². The third kappa shape index (κ3) is 4.20. The minimum atomic E-state index is -0.571. The maximum atomic E-state index is 12.7. The van der Waals surface area contributed by atoms with E-state index in [0.717, 1.165) is 24.1 Å². The van der Waals surface area contributed by atoms with Gasteiger partial charge in [0.2, 0.25) is 0 Å². The van der Waals surface area contributed by atoms with Crippen LogP contribution in [-0.4, -0.2) is 23.5 Å². The fourth-order valence-electron chi connectivity index (χ4n) is 3.04. The molecule has 4 rings (SSSR count). The molecule has 0 atom stereocenters. The zero-order chi connectivity index (χ0) is 20.4. The molecule has 0 unspecified atom stereocenters. The molecule has 1 heterocycles. The van der Waals surface area contributed by atoms with Crippen LogP contribution in [0.4, 0.5) is 5.69 Å². The van der Waals surface area contributed by atoms with Gasteiger partial charge in [-0.1, -0.05) is 29.8 Å². The monoisotopic (exact) mass is 405 g/mol. The quantitative estimate of drug-likeness (QED) is 0.634. The van der Waals surface area contributed by atoms with E-state index < -0.39 is 18.5 Å². The van der Waals surface area contributed by atoms with Crippen molar-refractivity contribution in [1.82, 2.24) is 4.98 Å². The summed E-state index contributed by atoms with van der Waals surface area (Å²) in [5.74, 6) is -0.686. The number of para-hydroxylation sites is 1. The van der Waals surface area contributed by atoms with Gasteiger partial charge in [0.25, 0.3) is 5.91 Å². The second-order valence-electron chi connectivity index (χ2n) is 6.82. The number of anilines is 1. The Kier molecular flexibility index (Phi) is 5.15. The van der Waals surface area contributed by atoms with Crippen molar-refractivity contribution in [1.29, 1.82) is 5.26 Å². The SMILES string of the molecule is N#Cc1ccc(NC(=O)COC(=O)c2cc(C3CC3)nc3ccccc23)cc1Cl. The molecule has 0 spiro atoms. The molecule has 1 N–H and O–H groups in total. The van der Waals surface area contributed by atoms with Crippen molar-refractivity contribution < 1.29 is 14.3 Å². The molecule has 1 aromatic heterocycles. The lowest BCUT2D eigenvalue weighted by Gasteiger charge is -2.10. The largest absolute Gasteiger partial charge is 0.452 e. The second kappa shape index (κ2) is 7.90. The Morgan fingerprint density at radius 1 is 1.21 bits per heavy atom. The van der Waals surface area contributed by atoms with E-state index in [0.29, 0.717) is 28.1 Å². The summed E-state index contributed by atoms with van der Waals surface area (Å²) >= 11 is 5.96. The van der Waals surface area contributed by atoms with Crippen LogP contribution in [0.3, 0.4) is 0 Å². The standard InChI is InChI=1S/C22H16ClN3O3/c23-18-9-15(8-7-14(18)11-24)25-21(27)12-29-22(28)17-10-20(13-5-6-13)26-19-4-2-1-3-16(17)19/h1-4,7-10,13H,5-6,12H2,(H,25,27). The van der Waals surface area contributed by atoms with Gasteiger partial charge in [0, 0.05) is 22.7 Å². The van der Waals surface area contributed by atoms with Crippen LogP contribution in [0.15, 0.2) is 48.5 Å². The van der Waals surface area contributed by atoms with Gasteiger partial charge in [0.15, 0.2) is 6.61 Å². The average molecular weight is 406 g/mol. The summed E-state index contributed by atoms with van der Waals surface area (Å²) in [5, 5.41) is 12.4. The van der Waals surface area contributed by atoms with Crippen LogP contribution in [-0.2, 0) is 9.53 Å². The number of esters is 1. The number of benzene rings is 2. The smallest absolute Gasteiger partial charge is 0.339 e. The number of nitrogens with zero attached hydrogens (tertiary/aromatic N) is 2. The normalized spacial score (nSPS) is 13.0. The summed E-state index contributed by atoms with van der Waals surface area (Å²) in [4.78, 5) is 29.4. The highest BCUT2D eigenvalue weighted by atomic mass is 35.5. The first-order valence-corrected chi connectivity index (χ1v) is 9.49. The van der Waals surface area contributed by atoms with Crippen LogP contribution in [0.1, 0.15) is 40.4 Å². The number of carbonyl (C=O) groups excluding carboxylic acids is 2. The molecule has 7 heteroatoms. The summed E-state index contributed by atoms with van der Waals surface area (Å²) in [5.41, 5.74) is 2.76. The molecule has 0 radical (unpaired) electrons. The maximum absolute atomic E-state index is 12.7. The number of hydrogen-bond donors (Lipinski definition) is 1. The average Bonchev–Trinajstić information content (AvgIpc) is 3.57. The van der Waals surface area contributed by atoms with Gasteiger partial charge in [-0.3, -0.25) is 9.78 Å². The number of carbonyl (C=O) groups is 2. The van der Waals surface area contributed by atoms with Crippen molar-refractivity contribution in [2.75, 3.05) is 11.9 Å². The van der Waals surface area contributed by atoms with E-state index >= 15 is 0 Å². The highest BCUT2D eigenvalue weighted by molar-refractivity contribution is 6.32. The Morgan fingerprint density at radius 2 is 2.00 bits per heavy atom. The number of ether oxygens (including phenoxy) is 1. The third-order valence-corrected chi connectivity index (χ3v) is 4.97. The van der Waals surface area contributed by atoms with Gasteiger partial charge in [-0.15, -0.1) is 0 Å². The number of hydrogen-bond acceptors (Lipinski definition) is 5. The van der Waals surface area contributed by atoms with Crippen molar-refractivity contribution in [3.05, 3.63) is 70.4 Å². The molecule has 1 fully saturated rings. The van der Waals surface area contributed by atoms with Gasteiger partial charge in [-0.25, -0.2) is 4.79 Å². The number of fused-ring (bicyclic) bond motifs is 1. The lowest BCUT2D eigenvalue weighted by molar-refractivity contribution is -0.119. The summed E-state index contributed by atoms with van der Waals surface area (Å²) in [6.07, 6.45) is 2.13. The predicted molar refractivity (Wildman–Crippen MR) is 109 cm³/mol. The Morgan fingerprint density at radius 3 is 2.72 bits per heavy atom. The van der Waals surface area contributed by atoms with Gasteiger partial charge in [0.1, 0.15) is 6.07 Å². The Balaban J connectivity index is 1.46. The molecule has 3 aromatic rings. The van der Waals surface area contributed by atoms with Crippen LogP contribution < -0.4 is 5.32 Å². The molecule has 6 nitrogen and oxygen atoms in total.